The second-order valence-electron chi connectivity index (χ2n) is 10.5. The van der Waals surface area contributed by atoms with Crippen molar-refractivity contribution < 1.29 is 40.7 Å². The molecule has 2 aromatic heterocycles. The number of carbonyl (C=O) groups is 2. The molecule has 246 valence electrons. The lowest BCUT2D eigenvalue weighted by molar-refractivity contribution is -0.274. The topological polar surface area (TPSA) is 157 Å². The first-order valence-electron chi connectivity index (χ1n) is 14.0. The summed E-state index contributed by atoms with van der Waals surface area (Å²) in [5, 5.41) is 1.23. The van der Waals surface area contributed by atoms with Gasteiger partial charge >= 0.3 is 12.3 Å². The van der Waals surface area contributed by atoms with E-state index in [2.05, 4.69) is 19.4 Å². The summed E-state index contributed by atoms with van der Waals surface area (Å²) in [6.07, 6.45) is -0.358. The van der Waals surface area contributed by atoms with E-state index in [1.54, 1.807) is 6.92 Å². The van der Waals surface area contributed by atoms with Crippen molar-refractivity contribution in [3.8, 4) is 5.75 Å². The van der Waals surface area contributed by atoms with Gasteiger partial charge in [-0.2, -0.15) is 4.72 Å². The van der Waals surface area contributed by atoms with Crippen molar-refractivity contribution in [2.45, 2.75) is 61.7 Å². The monoisotopic (exact) mass is 692 g/mol. The smallest absolute Gasteiger partial charge is 0.464 e. The van der Waals surface area contributed by atoms with Crippen LogP contribution in [-0.4, -0.2) is 79.8 Å². The Hall–Kier alpha value is -3.41. The molecule has 0 bridgehead atoms. The number of carbonyl (C=O) groups excluding carboxylic acids is 2. The lowest BCUT2D eigenvalue weighted by Gasteiger charge is -2.27. The molecule has 2 atom stereocenters. The molecule has 2 aliphatic rings. The van der Waals surface area contributed by atoms with Gasteiger partial charge in [0, 0.05) is 37.6 Å². The van der Waals surface area contributed by atoms with Gasteiger partial charge in [0.15, 0.2) is 9.34 Å². The molecule has 1 amide bonds. The second kappa shape index (κ2) is 13.9. The number of nitrogens with two attached hydrogens (primary N) is 1. The summed E-state index contributed by atoms with van der Waals surface area (Å²) in [5.74, 6) is -2.17. The van der Waals surface area contributed by atoms with E-state index in [-0.39, 0.29) is 53.0 Å². The molecule has 0 spiro atoms. The van der Waals surface area contributed by atoms with Crippen molar-refractivity contribution in [1.82, 2.24) is 19.6 Å². The molecule has 3 N–H and O–H groups in total. The fourth-order valence-electron chi connectivity index (χ4n) is 5.27. The summed E-state index contributed by atoms with van der Waals surface area (Å²) in [6, 6.07) is 1.45. The Labute approximate surface area is 267 Å². The van der Waals surface area contributed by atoms with E-state index in [1.165, 1.54) is 24.5 Å². The third kappa shape index (κ3) is 7.88. The molecule has 0 radical (unpaired) electrons. The van der Waals surface area contributed by atoms with Gasteiger partial charge in [-0.3, -0.25) is 4.79 Å². The van der Waals surface area contributed by atoms with E-state index >= 15 is 0 Å². The molecule has 0 saturated carbocycles. The number of esters is 1. The van der Waals surface area contributed by atoms with Gasteiger partial charge in [0.1, 0.15) is 23.7 Å². The molecule has 0 aliphatic carbocycles. The Morgan fingerprint density at radius 3 is 2.64 bits per heavy atom. The highest BCUT2D eigenvalue weighted by Crippen LogP contribution is 2.35. The number of ether oxygens (including phenoxy) is 2. The van der Waals surface area contributed by atoms with Crippen LogP contribution in [0.1, 0.15) is 38.2 Å². The number of pyridine rings is 1. The standard InChI is InChI=1S/C27H31F3N6O6S2.ClH/c1-2-11-41-25(38)20(13-17-12-16-5-7-32-23(31)18(16)14-21(17)42-27(28,29)30)36-10-6-19(24(36)37)34-44(39,40)22-15-33-26(43-22)35-8-3-4-9-35;/h5,7,12,14-15,19-20,34H,2-4,6,8-11,13H2,1H3,(H2,31,32);1H. The summed E-state index contributed by atoms with van der Waals surface area (Å²) < 4.78 is 78.5. The number of amides is 1. The molecular weight excluding hydrogens is 661 g/mol. The summed E-state index contributed by atoms with van der Waals surface area (Å²) in [6.45, 7) is 3.30. The number of hydrogen-bond donors (Lipinski definition) is 2. The van der Waals surface area contributed by atoms with Crippen molar-refractivity contribution in [3.05, 3.63) is 36.2 Å². The van der Waals surface area contributed by atoms with Crippen LogP contribution in [0, 0.1) is 0 Å². The van der Waals surface area contributed by atoms with Crippen molar-refractivity contribution in [2.75, 3.05) is 36.9 Å². The van der Waals surface area contributed by atoms with E-state index < -0.39 is 52.5 Å². The SMILES string of the molecule is CCCOC(=O)C(Cc1cc2ccnc(N)c2cc1OC(F)(F)F)N1CCC(NS(=O)(=O)c2cnc(N3CCCC3)s2)C1=O.Cl. The van der Waals surface area contributed by atoms with Crippen LogP contribution in [0.2, 0.25) is 0 Å². The fourth-order valence-corrected chi connectivity index (χ4v) is 7.68. The van der Waals surface area contributed by atoms with Crippen LogP contribution in [0.3, 0.4) is 0 Å². The molecule has 18 heteroatoms. The van der Waals surface area contributed by atoms with Crippen LogP contribution in [0.4, 0.5) is 24.1 Å². The highest BCUT2D eigenvalue weighted by molar-refractivity contribution is 7.91. The average molecular weight is 693 g/mol. The van der Waals surface area contributed by atoms with Gasteiger partial charge in [-0.25, -0.2) is 23.2 Å². The van der Waals surface area contributed by atoms with Gasteiger partial charge in [0.05, 0.1) is 12.8 Å². The first kappa shape index (κ1) is 34.5. The molecule has 2 fully saturated rings. The predicted molar refractivity (Wildman–Crippen MR) is 163 cm³/mol. The highest BCUT2D eigenvalue weighted by atomic mass is 35.5. The first-order chi connectivity index (χ1) is 20.9. The summed E-state index contributed by atoms with van der Waals surface area (Å²) in [5.41, 5.74) is 5.83. The molecule has 45 heavy (non-hydrogen) atoms. The number of likely N-dealkylation sites (tertiary alicyclic amines) is 1. The number of aromatic nitrogens is 2. The number of nitrogen functional groups attached to an aromatic ring is 1. The Kier molecular flexibility index (Phi) is 10.7. The van der Waals surface area contributed by atoms with Gasteiger partial charge in [0.25, 0.3) is 10.0 Å². The lowest BCUT2D eigenvalue weighted by Crippen LogP contribution is -2.48. The maximum absolute atomic E-state index is 13.5. The number of sulfonamides is 1. The Balaban J connectivity index is 0.00000461. The zero-order valence-corrected chi connectivity index (χ0v) is 26.5. The van der Waals surface area contributed by atoms with E-state index in [9.17, 15) is 31.2 Å². The number of rotatable bonds is 11. The van der Waals surface area contributed by atoms with Crippen LogP contribution in [0.5, 0.6) is 5.75 Å². The molecule has 5 rings (SSSR count). The lowest BCUT2D eigenvalue weighted by atomic mass is 10.00. The minimum atomic E-state index is -5.06. The van der Waals surface area contributed by atoms with E-state index in [1.807, 2.05) is 4.90 Å². The molecule has 3 aromatic rings. The molecule has 4 heterocycles. The number of alkyl halides is 3. The third-order valence-electron chi connectivity index (χ3n) is 7.36. The summed E-state index contributed by atoms with van der Waals surface area (Å²) in [4.78, 5) is 38.0. The van der Waals surface area contributed by atoms with Crippen molar-refractivity contribution >= 4 is 67.4 Å². The normalized spacial score (nSPS) is 17.9. The van der Waals surface area contributed by atoms with Crippen LogP contribution >= 0.6 is 23.7 Å². The number of nitrogens with zero attached hydrogens (tertiary/aromatic N) is 4. The van der Waals surface area contributed by atoms with Crippen molar-refractivity contribution in [3.63, 3.8) is 0 Å². The van der Waals surface area contributed by atoms with Crippen LogP contribution < -0.4 is 20.1 Å². The number of hydrogen-bond acceptors (Lipinski definition) is 11. The predicted octanol–water partition coefficient (Wildman–Crippen LogP) is 3.64. The largest absolute Gasteiger partial charge is 0.573 e. The molecule has 1 aromatic carbocycles. The molecule has 2 aliphatic heterocycles. The average Bonchev–Trinajstić information content (AvgIpc) is 3.73. The Bertz CT molecular complexity index is 1650. The van der Waals surface area contributed by atoms with Gasteiger partial charge < -0.3 is 25.0 Å². The molecule has 12 nitrogen and oxygen atoms in total. The zero-order chi connectivity index (χ0) is 31.6. The Morgan fingerprint density at radius 1 is 1.22 bits per heavy atom. The third-order valence-corrected chi connectivity index (χ3v) is 10.4. The van der Waals surface area contributed by atoms with Crippen LogP contribution in [0.25, 0.3) is 10.8 Å². The molecule has 2 unspecified atom stereocenters. The maximum atomic E-state index is 13.5. The minimum absolute atomic E-state index is 0. The number of nitrogens with one attached hydrogen (secondary N) is 1. The van der Waals surface area contributed by atoms with Crippen molar-refractivity contribution in [1.29, 1.82) is 0 Å². The van der Waals surface area contributed by atoms with E-state index in [0.717, 1.165) is 48.2 Å². The van der Waals surface area contributed by atoms with Crippen LogP contribution in [-0.2, 0) is 30.8 Å². The van der Waals surface area contributed by atoms with E-state index in [4.69, 9.17) is 10.5 Å². The summed E-state index contributed by atoms with van der Waals surface area (Å²) in [7, 11) is -4.13. The number of anilines is 2. The number of thiazole rings is 1. The van der Waals surface area contributed by atoms with Crippen LogP contribution in [0.15, 0.2) is 34.8 Å². The Morgan fingerprint density at radius 2 is 1.96 bits per heavy atom. The van der Waals surface area contributed by atoms with Crippen molar-refractivity contribution in [2.24, 2.45) is 0 Å². The molecular formula is C27H32ClF3N6O6S2. The first-order valence-corrected chi connectivity index (χ1v) is 16.3. The zero-order valence-electron chi connectivity index (χ0n) is 24.1. The van der Waals surface area contributed by atoms with Gasteiger partial charge in [-0.15, -0.1) is 25.6 Å². The maximum Gasteiger partial charge on any atom is 0.573 e. The summed E-state index contributed by atoms with van der Waals surface area (Å²) >= 11 is 0.999. The number of halogens is 4. The van der Waals surface area contributed by atoms with Gasteiger partial charge in [-0.05, 0) is 54.8 Å². The van der Waals surface area contributed by atoms with Gasteiger partial charge in [0.2, 0.25) is 5.91 Å². The second-order valence-corrected chi connectivity index (χ2v) is 13.4. The fraction of sp³-hybridized carbons (Fsp3) is 0.481. The number of benzene rings is 1. The highest BCUT2D eigenvalue weighted by Gasteiger charge is 2.42. The minimum Gasteiger partial charge on any atom is -0.464 e. The van der Waals surface area contributed by atoms with Gasteiger partial charge in [-0.1, -0.05) is 18.3 Å². The number of fused-ring (bicyclic) bond motifs is 1. The van der Waals surface area contributed by atoms with E-state index in [0.29, 0.717) is 16.9 Å². The quantitative estimate of drug-likeness (QED) is 0.285. The molecule has 2 saturated heterocycles.